The second-order valence-corrected chi connectivity index (χ2v) is 7.30. The summed E-state index contributed by atoms with van der Waals surface area (Å²) in [6.07, 6.45) is -1.14. The fourth-order valence-electron chi connectivity index (χ4n) is 2.12. The third-order valence-corrected chi connectivity index (χ3v) is 3.82. The summed E-state index contributed by atoms with van der Waals surface area (Å²) in [5.41, 5.74) is 0.0351. The fourth-order valence-corrected chi connectivity index (χ4v) is 2.12. The fraction of sp³-hybridized carbons (Fsp3) is 0.286. The quantitative estimate of drug-likeness (QED) is 0.761. The third-order valence-electron chi connectivity index (χ3n) is 3.82. The second-order valence-electron chi connectivity index (χ2n) is 7.30. The van der Waals surface area contributed by atoms with Crippen molar-refractivity contribution in [3.63, 3.8) is 0 Å². The van der Waals surface area contributed by atoms with Gasteiger partial charge in [0.2, 0.25) is 5.91 Å². The van der Waals surface area contributed by atoms with Gasteiger partial charge in [0.05, 0.1) is 11.3 Å². The standard InChI is InChI=1S/C21H23FN2O4/c1-13(18(25)24-17-11-6-5-10-16(17)22)28-19(26)14-8-7-9-15(12-14)23-20(27)21(2,3)4/h5-13H,1-4H3,(H,23,27)(H,24,25). The summed E-state index contributed by atoms with van der Waals surface area (Å²) in [5.74, 6) is -2.18. The van der Waals surface area contributed by atoms with Crippen molar-refractivity contribution >= 4 is 29.2 Å². The Balaban J connectivity index is 2.02. The van der Waals surface area contributed by atoms with Crippen LogP contribution in [0.2, 0.25) is 0 Å². The van der Waals surface area contributed by atoms with Crippen LogP contribution in [0.15, 0.2) is 48.5 Å². The van der Waals surface area contributed by atoms with Crippen molar-refractivity contribution in [1.82, 2.24) is 0 Å². The van der Waals surface area contributed by atoms with Gasteiger partial charge in [-0.3, -0.25) is 9.59 Å². The Kier molecular flexibility index (Phi) is 6.51. The number of ether oxygens (including phenoxy) is 1. The van der Waals surface area contributed by atoms with Crippen molar-refractivity contribution in [3.05, 3.63) is 59.9 Å². The number of para-hydroxylation sites is 1. The Labute approximate surface area is 163 Å². The molecule has 0 saturated heterocycles. The smallest absolute Gasteiger partial charge is 0.338 e. The molecule has 6 nitrogen and oxygen atoms in total. The van der Waals surface area contributed by atoms with Crippen LogP contribution in [0.3, 0.4) is 0 Å². The van der Waals surface area contributed by atoms with Gasteiger partial charge in [0.15, 0.2) is 6.10 Å². The molecule has 28 heavy (non-hydrogen) atoms. The van der Waals surface area contributed by atoms with E-state index in [9.17, 15) is 18.8 Å². The van der Waals surface area contributed by atoms with Crippen molar-refractivity contribution in [3.8, 4) is 0 Å². The van der Waals surface area contributed by atoms with Gasteiger partial charge in [-0.1, -0.05) is 39.0 Å². The van der Waals surface area contributed by atoms with Crippen molar-refractivity contribution in [2.45, 2.75) is 33.8 Å². The highest BCUT2D eigenvalue weighted by atomic mass is 19.1. The van der Waals surface area contributed by atoms with Crippen LogP contribution < -0.4 is 10.6 Å². The van der Waals surface area contributed by atoms with Crippen LogP contribution in [0, 0.1) is 11.2 Å². The first kappa shape index (κ1) is 21.1. The van der Waals surface area contributed by atoms with Crippen LogP contribution in [0.4, 0.5) is 15.8 Å². The van der Waals surface area contributed by atoms with Gasteiger partial charge in [-0.15, -0.1) is 0 Å². The van der Waals surface area contributed by atoms with Gasteiger partial charge in [-0.2, -0.15) is 0 Å². The lowest BCUT2D eigenvalue weighted by atomic mass is 9.95. The average Bonchev–Trinajstić information content (AvgIpc) is 2.63. The second kappa shape index (κ2) is 8.65. The lowest BCUT2D eigenvalue weighted by Gasteiger charge is -2.18. The number of hydrogen-bond donors (Lipinski definition) is 2. The molecular formula is C21H23FN2O4. The maximum absolute atomic E-state index is 13.6. The van der Waals surface area contributed by atoms with Gasteiger partial charge in [0, 0.05) is 11.1 Å². The molecule has 0 radical (unpaired) electrons. The molecule has 1 unspecified atom stereocenters. The van der Waals surface area contributed by atoms with E-state index in [-0.39, 0.29) is 17.2 Å². The zero-order valence-corrected chi connectivity index (χ0v) is 16.2. The number of anilines is 2. The molecule has 0 aliphatic carbocycles. The molecule has 0 saturated carbocycles. The minimum Gasteiger partial charge on any atom is -0.449 e. The summed E-state index contributed by atoms with van der Waals surface area (Å²) in [7, 11) is 0. The number of nitrogens with one attached hydrogen (secondary N) is 2. The predicted octanol–water partition coefficient (Wildman–Crippen LogP) is 3.99. The Hall–Kier alpha value is -3.22. The third kappa shape index (κ3) is 5.64. The molecule has 0 bridgehead atoms. The van der Waals surface area contributed by atoms with E-state index in [1.807, 2.05) is 0 Å². The monoisotopic (exact) mass is 386 g/mol. The summed E-state index contributed by atoms with van der Waals surface area (Å²) in [6, 6.07) is 11.9. The molecule has 0 aromatic heterocycles. The van der Waals surface area contributed by atoms with Gasteiger partial charge >= 0.3 is 5.97 Å². The molecule has 1 atom stereocenters. The Morgan fingerprint density at radius 1 is 1.00 bits per heavy atom. The van der Waals surface area contributed by atoms with Crippen LogP contribution in [-0.2, 0) is 14.3 Å². The van der Waals surface area contributed by atoms with E-state index in [1.54, 1.807) is 39.0 Å². The first-order chi connectivity index (χ1) is 13.1. The molecule has 148 valence electrons. The highest BCUT2D eigenvalue weighted by Gasteiger charge is 2.23. The number of amides is 2. The van der Waals surface area contributed by atoms with Crippen LogP contribution in [0.5, 0.6) is 0 Å². The topological polar surface area (TPSA) is 84.5 Å². The van der Waals surface area contributed by atoms with Crippen LogP contribution in [0.1, 0.15) is 38.1 Å². The predicted molar refractivity (Wildman–Crippen MR) is 104 cm³/mol. The molecular weight excluding hydrogens is 363 g/mol. The van der Waals surface area contributed by atoms with Gasteiger partial charge in [-0.05, 0) is 37.3 Å². The Morgan fingerprint density at radius 3 is 2.32 bits per heavy atom. The summed E-state index contributed by atoms with van der Waals surface area (Å²) >= 11 is 0. The average molecular weight is 386 g/mol. The highest BCUT2D eigenvalue weighted by molar-refractivity contribution is 5.99. The van der Waals surface area contributed by atoms with Gasteiger partial charge in [-0.25, -0.2) is 9.18 Å². The van der Waals surface area contributed by atoms with E-state index < -0.39 is 29.2 Å². The number of benzene rings is 2. The zero-order chi connectivity index (χ0) is 20.9. The van der Waals surface area contributed by atoms with Crippen molar-refractivity contribution < 1.29 is 23.5 Å². The molecule has 0 heterocycles. The van der Waals surface area contributed by atoms with E-state index in [1.165, 1.54) is 37.3 Å². The minimum atomic E-state index is -1.14. The van der Waals surface area contributed by atoms with E-state index in [2.05, 4.69) is 10.6 Å². The maximum atomic E-state index is 13.6. The van der Waals surface area contributed by atoms with Crippen LogP contribution in [0.25, 0.3) is 0 Å². The maximum Gasteiger partial charge on any atom is 0.338 e. The Bertz CT molecular complexity index is 890. The molecule has 2 aromatic carbocycles. The molecule has 0 aliphatic rings. The lowest BCUT2D eigenvalue weighted by Crippen LogP contribution is -2.30. The van der Waals surface area contributed by atoms with Crippen LogP contribution >= 0.6 is 0 Å². The molecule has 0 spiro atoms. The zero-order valence-electron chi connectivity index (χ0n) is 16.2. The van der Waals surface area contributed by atoms with E-state index in [0.717, 1.165) is 0 Å². The van der Waals surface area contributed by atoms with E-state index in [0.29, 0.717) is 5.69 Å². The SMILES string of the molecule is CC(OC(=O)c1cccc(NC(=O)C(C)(C)C)c1)C(=O)Nc1ccccc1F. The minimum absolute atomic E-state index is 0.00212. The largest absolute Gasteiger partial charge is 0.449 e. The molecule has 2 amide bonds. The molecule has 0 aliphatic heterocycles. The normalized spacial score (nSPS) is 12.0. The molecule has 0 fully saturated rings. The number of carbonyl (C=O) groups excluding carboxylic acids is 3. The molecule has 7 heteroatoms. The lowest BCUT2D eigenvalue weighted by molar-refractivity contribution is -0.124. The highest BCUT2D eigenvalue weighted by Crippen LogP contribution is 2.19. The summed E-state index contributed by atoms with van der Waals surface area (Å²) in [6.45, 7) is 6.71. The molecule has 2 aromatic rings. The summed E-state index contributed by atoms with van der Waals surface area (Å²) in [4.78, 5) is 36.5. The number of hydrogen-bond acceptors (Lipinski definition) is 4. The first-order valence-corrected chi connectivity index (χ1v) is 8.76. The first-order valence-electron chi connectivity index (χ1n) is 8.76. The number of halogens is 1. The number of carbonyl (C=O) groups is 3. The number of rotatable bonds is 5. The van der Waals surface area contributed by atoms with Crippen molar-refractivity contribution in [2.24, 2.45) is 5.41 Å². The van der Waals surface area contributed by atoms with Gasteiger partial charge in [0.25, 0.3) is 5.91 Å². The summed E-state index contributed by atoms with van der Waals surface area (Å²) < 4.78 is 18.8. The van der Waals surface area contributed by atoms with E-state index >= 15 is 0 Å². The van der Waals surface area contributed by atoms with Gasteiger partial charge in [0.1, 0.15) is 5.82 Å². The van der Waals surface area contributed by atoms with Crippen LogP contribution in [-0.4, -0.2) is 23.9 Å². The summed E-state index contributed by atoms with van der Waals surface area (Å²) in [5, 5.41) is 5.10. The van der Waals surface area contributed by atoms with Gasteiger partial charge < -0.3 is 15.4 Å². The van der Waals surface area contributed by atoms with Crippen molar-refractivity contribution in [2.75, 3.05) is 10.6 Å². The van der Waals surface area contributed by atoms with E-state index in [4.69, 9.17) is 4.74 Å². The number of esters is 1. The van der Waals surface area contributed by atoms with Crippen molar-refractivity contribution in [1.29, 1.82) is 0 Å². The Morgan fingerprint density at radius 2 is 1.68 bits per heavy atom. The molecule has 2 N–H and O–H groups in total. The molecule has 2 rings (SSSR count).